The van der Waals surface area contributed by atoms with Crippen molar-refractivity contribution >= 4 is 23.5 Å². The summed E-state index contributed by atoms with van der Waals surface area (Å²) in [5.74, 6) is -1.54. The van der Waals surface area contributed by atoms with Crippen molar-refractivity contribution in [3.05, 3.63) is 90.5 Å². The molecule has 3 rings (SSSR count). The van der Waals surface area contributed by atoms with Gasteiger partial charge in [0.05, 0.1) is 0 Å². The van der Waals surface area contributed by atoms with Crippen LogP contribution in [0.1, 0.15) is 17.3 Å². The van der Waals surface area contributed by atoms with Gasteiger partial charge in [-0.1, -0.05) is 66.7 Å². The zero-order valence-electron chi connectivity index (χ0n) is 16.5. The fourth-order valence-corrected chi connectivity index (χ4v) is 2.83. The third kappa shape index (κ3) is 5.54. The van der Waals surface area contributed by atoms with Gasteiger partial charge in [-0.15, -0.1) is 0 Å². The van der Waals surface area contributed by atoms with E-state index < -0.39 is 18.0 Å². The summed E-state index contributed by atoms with van der Waals surface area (Å²) in [7, 11) is 0. The number of anilines is 1. The first-order valence-corrected chi connectivity index (χ1v) is 9.52. The average molecular weight is 402 g/mol. The van der Waals surface area contributed by atoms with Gasteiger partial charge in [0.25, 0.3) is 11.8 Å². The Bertz CT molecular complexity index is 1020. The van der Waals surface area contributed by atoms with Crippen LogP contribution in [0.2, 0.25) is 0 Å². The Labute approximate surface area is 174 Å². The maximum Gasteiger partial charge on any atom is 0.326 e. The zero-order chi connectivity index (χ0) is 21.3. The van der Waals surface area contributed by atoms with Crippen LogP contribution < -0.4 is 10.6 Å². The summed E-state index contributed by atoms with van der Waals surface area (Å²) >= 11 is 0. The predicted octanol–water partition coefficient (Wildman–Crippen LogP) is 3.65. The van der Waals surface area contributed by atoms with E-state index >= 15 is 0 Å². The summed E-state index contributed by atoms with van der Waals surface area (Å²) in [4.78, 5) is 36.5. The van der Waals surface area contributed by atoms with Crippen LogP contribution in [0, 0.1) is 0 Å². The molecular weight excluding hydrogens is 380 g/mol. The topological polar surface area (TPSA) is 84.5 Å². The lowest BCUT2D eigenvalue weighted by Gasteiger charge is -2.16. The Balaban J connectivity index is 1.55. The van der Waals surface area contributed by atoms with Crippen molar-refractivity contribution in [1.29, 1.82) is 0 Å². The van der Waals surface area contributed by atoms with Gasteiger partial charge in [-0.2, -0.15) is 0 Å². The molecular formula is C24H22N2O4. The Morgan fingerprint density at radius 2 is 1.43 bits per heavy atom. The van der Waals surface area contributed by atoms with Crippen molar-refractivity contribution in [1.82, 2.24) is 5.32 Å². The van der Waals surface area contributed by atoms with Gasteiger partial charge < -0.3 is 15.4 Å². The molecule has 0 heterocycles. The largest absolute Gasteiger partial charge is 0.451 e. The predicted molar refractivity (Wildman–Crippen MR) is 115 cm³/mol. The lowest BCUT2D eigenvalue weighted by Crippen LogP contribution is -2.35. The highest BCUT2D eigenvalue weighted by atomic mass is 16.5. The molecule has 0 unspecified atom stereocenters. The number of hydrogen-bond donors (Lipinski definition) is 2. The fourth-order valence-electron chi connectivity index (χ4n) is 2.83. The Morgan fingerprint density at radius 1 is 0.833 bits per heavy atom. The monoisotopic (exact) mass is 402 g/mol. The minimum Gasteiger partial charge on any atom is -0.451 e. The second kappa shape index (κ2) is 10.0. The normalized spacial score (nSPS) is 11.2. The van der Waals surface area contributed by atoms with E-state index in [4.69, 9.17) is 4.74 Å². The molecule has 3 aromatic rings. The maximum atomic E-state index is 12.5. The first-order valence-electron chi connectivity index (χ1n) is 9.52. The summed E-state index contributed by atoms with van der Waals surface area (Å²) in [6, 6.07) is 25.6. The van der Waals surface area contributed by atoms with Crippen LogP contribution >= 0.6 is 0 Å². The van der Waals surface area contributed by atoms with Crippen molar-refractivity contribution in [3.8, 4) is 11.1 Å². The zero-order valence-corrected chi connectivity index (χ0v) is 16.5. The molecule has 0 saturated heterocycles. The number of carbonyl (C=O) groups excluding carboxylic acids is 3. The van der Waals surface area contributed by atoms with Crippen LogP contribution in [0.3, 0.4) is 0 Å². The van der Waals surface area contributed by atoms with Crippen LogP contribution in [-0.2, 0) is 14.3 Å². The van der Waals surface area contributed by atoms with E-state index in [1.807, 2.05) is 48.5 Å². The van der Waals surface area contributed by atoms with Gasteiger partial charge in [-0.3, -0.25) is 14.4 Å². The number of amides is 2. The lowest BCUT2D eigenvalue weighted by molar-refractivity contribution is -0.152. The molecule has 0 saturated carbocycles. The summed E-state index contributed by atoms with van der Waals surface area (Å²) in [5, 5.41) is 5.28. The summed E-state index contributed by atoms with van der Waals surface area (Å²) < 4.78 is 5.15. The van der Waals surface area contributed by atoms with E-state index in [-0.39, 0.29) is 12.5 Å². The van der Waals surface area contributed by atoms with Crippen LogP contribution in [-0.4, -0.2) is 30.4 Å². The minimum atomic E-state index is -1.02. The molecule has 3 aromatic carbocycles. The third-order valence-corrected chi connectivity index (χ3v) is 4.38. The molecule has 0 spiro atoms. The van der Waals surface area contributed by atoms with Crippen LogP contribution in [0.5, 0.6) is 0 Å². The quantitative estimate of drug-likeness (QED) is 0.591. The van der Waals surface area contributed by atoms with Crippen molar-refractivity contribution in [2.24, 2.45) is 0 Å². The Hall–Kier alpha value is -3.93. The van der Waals surface area contributed by atoms with Crippen LogP contribution in [0.15, 0.2) is 84.9 Å². The van der Waals surface area contributed by atoms with Gasteiger partial charge in [0, 0.05) is 16.8 Å². The highest BCUT2D eigenvalue weighted by molar-refractivity contribution is 5.99. The number of rotatable bonds is 7. The maximum absolute atomic E-state index is 12.5. The molecule has 6 nitrogen and oxygen atoms in total. The molecule has 1 atom stereocenters. The van der Waals surface area contributed by atoms with Gasteiger partial charge in [0.15, 0.2) is 6.10 Å². The molecule has 0 aliphatic heterocycles. The molecule has 0 radical (unpaired) electrons. The number of carbonyl (C=O) groups is 3. The number of hydrogen-bond acceptors (Lipinski definition) is 4. The summed E-state index contributed by atoms with van der Waals surface area (Å²) in [6.07, 6.45) is -1.02. The lowest BCUT2D eigenvalue weighted by atomic mass is 10.0. The first-order chi connectivity index (χ1) is 14.5. The third-order valence-electron chi connectivity index (χ3n) is 4.38. The molecule has 0 aromatic heterocycles. The fraction of sp³-hybridized carbons (Fsp3) is 0.125. The number of nitrogens with one attached hydrogen (secondary N) is 2. The molecule has 0 fully saturated rings. The molecule has 30 heavy (non-hydrogen) atoms. The highest BCUT2D eigenvalue weighted by Crippen LogP contribution is 2.27. The van der Waals surface area contributed by atoms with Crippen molar-refractivity contribution in [2.75, 3.05) is 11.9 Å². The molecule has 0 aliphatic rings. The average Bonchev–Trinajstić information content (AvgIpc) is 2.79. The van der Waals surface area contributed by atoms with E-state index in [1.54, 1.807) is 36.4 Å². The van der Waals surface area contributed by atoms with Gasteiger partial charge >= 0.3 is 5.97 Å². The second-order valence-electron chi connectivity index (χ2n) is 6.58. The molecule has 152 valence electrons. The second-order valence-corrected chi connectivity index (χ2v) is 6.58. The number of para-hydroxylation sites is 1. The van der Waals surface area contributed by atoms with E-state index in [9.17, 15) is 14.4 Å². The number of ether oxygens (including phenoxy) is 1. The van der Waals surface area contributed by atoms with Crippen LogP contribution in [0.25, 0.3) is 11.1 Å². The van der Waals surface area contributed by atoms with Crippen LogP contribution in [0.4, 0.5) is 5.69 Å². The van der Waals surface area contributed by atoms with Crippen molar-refractivity contribution in [3.63, 3.8) is 0 Å². The minimum absolute atomic E-state index is 0.327. The standard InChI is InChI=1S/C24H22N2O4/c1-17(30-22(27)16-25-24(29)19-12-6-3-7-13-19)23(28)26-21-15-9-8-14-20(21)18-10-4-2-5-11-18/h2-15,17H,16H2,1H3,(H,25,29)(H,26,28)/t17-/m0/s1. The molecule has 6 heteroatoms. The van der Waals surface area contributed by atoms with Gasteiger partial charge in [0.2, 0.25) is 0 Å². The van der Waals surface area contributed by atoms with Crippen molar-refractivity contribution < 1.29 is 19.1 Å². The Kier molecular flexibility index (Phi) is 6.95. The smallest absolute Gasteiger partial charge is 0.326 e. The Morgan fingerprint density at radius 3 is 2.13 bits per heavy atom. The summed E-state index contributed by atoms with van der Waals surface area (Å²) in [6.45, 7) is 1.16. The summed E-state index contributed by atoms with van der Waals surface area (Å²) in [5.41, 5.74) is 2.88. The van der Waals surface area contributed by atoms with E-state index in [0.717, 1.165) is 11.1 Å². The van der Waals surface area contributed by atoms with Crippen molar-refractivity contribution in [2.45, 2.75) is 13.0 Å². The highest BCUT2D eigenvalue weighted by Gasteiger charge is 2.19. The van der Waals surface area contributed by atoms with E-state index in [2.05, 4.69) is 10.6 Å². The van der Waals surface area contributed by atoms with Gasteiger partial charge in [-0.25, -0.2) is 0 Å². The number of esters is 1. The first kappa shape index (κ1) is 20.8. The van der Waals surface area contributed by atoms with Gasteiger partial charge in [0.1, 0.15) is 6.54 Å². The van der Waals surface area contributed by atoms with Gasteiger partial charge in [-0.05, 0) is 30.7 Å². The molecule has 0 aliphatic carbocycles. The SMILES string of the molecule is C[C@H](OC(=O)CNC(=O)c1ccccc1)C(=O)Nc1ccccc1-c1ccccc1. The molecule has 2 amide bonds. The van der Waals surface area contributed by atoms with E-state index in [1.165, 1.54) is 6.92 Å². The van der Waals surface area contributed by atoms with E-state index in [0.29, 0.717) is 11.3 Å². The molecule has 2 N–H and O–H groups in total. The molecule has 0 bridgehead atoms. The number of benzene rings is 3.